The number of aromatic nitrogens is 2. The third kappa shape index (κ3) is 1.92. The molecule has 0 saturated carbocycles. The van der Waals surface area contributed by atoms with Gasteiger partial charge in [0.15, 0.2) is 0 Å². The molecule has 1 atom stereocenters. The Balaban J connectivity index is 2.49. The van der Waals surface area contributed by atoms with Gasteiger partial charge in [-0.15, -0.1) is 0 Å². The van der Waals surface area contributed by atoms with Crippen molar-refractivity contribution in [3.8, 4) is 0 Å². The normalized spacial score (nSPS) is 12.3. The summed E-state index contributed by atoms with van der Waals surface area (Å²) < 4.78 is 1.59. The average Bonchev–Trinajstić information content (AvgIpc) is 2.69. The van der Waals surface area contributed by atoms with Gasteiger partial charge in [0.05, 0.1) is 22.7 Å². The molecule has 6 nitrogen and oxygen atoms in total. The van der Waals surface area contributed by atoms with E-state index in [1.165, 1.54) is 6.07 Å². The van der Waals surface area contributed by atoms with E-state index >= 15 is 0 Å². The minimum Gasteiger partial charge on any atom is -0.384 e. The molecule has 0 aliphatic rings. The van der Waals surface area contributed by atoms with Crippen LogP contribution in [0.5, 0.6) is 0 Å². The van der Waals surface area contributed by atoms with Gasteiger partial charge in [0.25, 0.3) is 5.69 Å². The van der Waals surface area contributed by atoms with Gasteiger partial charge in [-0.05, 0) is 13.8 Å². The van der Waals surface area contributed by atoms with E-state index in [4.69, 9.17) is 5.73 Å². The highest BCUT2D eigenvalue weighted by atomic mass is 16.6. The van der Waals surface area contributed by atoms with Crippen LogP contribution in [0.4, 0.5) is 11.5 Å². The van der Waals surface area contributed by atoms with Crippen molar-refractivity contribution in [2.45, 2.75) is 19.9 Å². The van der Waals surface area contributed by atoms with Gasteiger partial charge in [0.1, 0.15) is 5.82 Å². The number of nitrogens with zero attached hydrogens (tertiary/aromatic N) is 3. The fourth-order valence-electron chi connectivity index (χ4n) is 1.91. The Morgan fingerprint density at radius 2 is 2.11 bits per heavy atom. The van der Waals surface area contributed by atoms with E-state index in [0.717, 1.165) is 5.56 Å². The van der Waals surface area contributed by atoms with Crippen molar-refractivity contribution in [1.82, 2.24) is 9.78 Å². The summed E-state index contributed by atoms with van der Waals surface area (Å²) in [5, 5.41) is 15.2. The zero-order valence-electron chi connectivity index (χ0n) is 10.2. The number of hydrogen-bond acceptors (Lipinski definition) is 4. The Hall–Kier alpha value is -2.37. The van der Waals surface area contributed by atoms with Gasteiger partial charge < -0.3 is 5.73 Å². The zero-order valence-corrected chi connectivity index (χ0v) is 10.2. The number of rotatable bonds is 3. The van der Waals surface area contributed by atoms with E-state index in [0.29, 0.717) is 11.4 Å². The molecule has 18 heavy (non-hydrogen) atoms. The summed E-state index contributed by atoms with van der Waals surface area (Å²) in [5.41, 5.74) is 7.43. The van der Waals surface area contributed by atoms with Crippen LogP contribution in [-0.2, 0) is 0 Å². The van der Waals surface area contributed by atoms with E-state index in [1.54, 1.807) is 29.1 Å². The monoisotopic (exact) mass is 246 g/mol. The van der Waals surface area contributed by atoms with E-state index in [2.05, 4.69) is 5.10 Å². The van der Waals surface area contributed by atoms with Crippen LogP contribution in [0, 0.1) is 17.0 Å². The summed E-state index contributed by atoms with van der Waals surface area (Å²) in [7, 11) is 0. The summed E-state index contributed by atoms with van der Waals surface area (Å²) in [6, 6.07) is 6.34. The van der Waals surface area contributed by atoms with Crippen LogP contribution in [0.2, 0.25) is 0 Å². The molecule has 0 saturated heterocycles. The highest BCUT2D eigenvalue weighted by molar-refractivity contribution is 5.45. The average molecular weight is 246 g/mol. The Labute approximate surface area is 104 Å². The van der Waals surface area contributed by atoms with E-state index in [-0.39, 0.29) is 11.7 Å². The quantitative estimate of drug-likeness (QED) is 0.664. The molecule has 6 heteroatoms. The van der Waals surface area contributed by atoms with Gasteiger partial charge in [-0.25, -0.2) is 4.68 Å². The van der Waals surface area contributed by atoms with E-state index in [9.17, 15) is 10.1 Å². The van der Waals surface area contributed by atoms with Crippen molar-refractivity contribution in [1.29, 1.82) is 0 Å². The highest BCUT2D eigenvalue weighted by Gasteiger charge is 2.21. The molecule has 1 aromatic carbocycles. The van der Waals surface area contributed by atoms with E-state index in [1.807, 2.05) is 13.8 Å². The molecule has 0 aliphatic heterocycles. The maximum Gasteiger partial charge on any atom is 0.274 e. The summed E-state index contributed by atoms with van der Waals surface area (Å²) >= 11 is 0. The number of hydrogen-bond donors (Lipinski definition) is 1. The van der Waals surface area contributed by atoms with Gasteiger partial charge in [-0.2, -0.15) is 5.10 Å². The maximum absolute atomic E-state index is 11.0. The van der Waals surface area contributed by atoms with Gasteiger partial charge in [-0.1, -0.05) is 18.2 Å². The first-order valence-electron chi connectivity index (χ1n) is 5.55. The lowest BCUT2D eigenvalue weighted by Gasteiger charge is -2.14. The number of nitro benzene ring substituents is 1. The van der Waals surface area contributed by atoms with Gasteiger partial charge in [-0.3, -0.25) is 10.1 Å². The summed E-state index contributed by atoms with van der Waals surface area (Å²) in [4.78, 5) is 10.6. The standard InChI is InChI=1S/C12H14N4O2/c1-8-7-14-15(12(8)13)9(2)10-5-3-4-6-11(10)16(17)18/h3-7,9H,13H2,1-2H3. The Morgan fingerprint density at radius 1 is 1.44 bits per heavy atom. The second-order valence-corrected chi connectivity index (χ2v) is 4.15. The first-order chi connectivity index (χ1) is 8.52. The smallest absolute Gasteiger partial charge is 0.274 e. The number of aryl methyl sites for hydroxylation is 1. The predicted octanol–water partition coefficient (Wildman–Crippen LogP) is 2.29. The van der Waals surface area contributed by atoms with Crippen LogP contribution in [0.1, 0.15) is 24.1 Å². The molecule has 0 aliphatic carbocycles. The minimum atomic E-state index is -0.390. The van der Waals surface area contributed by atoms with Crippen LogP contribution in [0.15, 0.2) is 30.5 Å². The molecule has 0 radical (unpaired) electrons. The number of benzene rings is 1. The second kappa shape index (κ2) is 4.48. The summed E-state index contributed by atoms with van der Waals surface area (Å²) in [6.07, 6.45) is 1.65. The van der Waals surface area contributed by atoms with Crippen molar-refractivity contribution >= 4 is 11.5 Å². The molecule has 1 heterocycles. The molecule has 2 aromatic rings. The Kier molecular flexibility index (Phi) is 3.01. The fourth-order valence-corrected chi connectivity index (χ4v) is 1.91. The SMILES string of the molecule is Cc1cnn(C(C)c2ccccc2[N+](=O)[O-])c1N. The van der Waals surface area contributed by atoms with Crippen molar-refractivity contribution in [2.75, 3.05) is 5.73 Å². The number of nitrogen functional groups attached to an aromatic ring is 1. The molecule has 2 rings (SSSR count). The summed E-state index contributed by atoms with van der Waals surface area (Å²) in [5.74, 6) is 0.528. The number of para-hydroxylation sites is 1. The third-order valence-corrected chi connectivity index (χ3v) is 2.98. The first kappa shape index (κ1) is 12.1. The molecule has 94 valence electrons. The van der Waals surface area contributed by atoms with Crippen molar-refractivity contribution in [2.24, 2.45) is 0 Å². The Bertz CT molecular complexity index is 592. The van der Waals surface area contributed by atoms with Crippen LogP contribution in [0.3, 0.4) is 0 Å². The third-order valence-electron chi connectivity index (χ3n) is 2.98. The minimum absolute atomic E-state index is 0.0811. The van der Waals surface area contributed by atoms with Gasteiger partial charge >= 0.3 is 0 Å². The highest BCUT2D eigenvalue weighted by Crippen LogP contribution is 2.29. The number of nitrogens with two attached hydrogens (primary N) is 1. The van der Waals surface area contributed by atoms with Gasteiger partial charge in [0.2, 0.25) is 0 Å². The molecule has 1 unspecified atom stereocenters. The number of nitro groups is 1. The van der Waals surface area contributed by atoms with Gasteiger partial charge in [0, 0.05) is 11.6 Å². The Morgan fingerprint density at radius 3 is 2.67 bits per heavy atom. The fraction of sp³-hybridized carbons (Fsp3) is 0.250. The molecule has 0 spiro atoms. The van der Waals surface area contributed by atoms with Crippen LogP contribution in [0.25, 0.3) is 0 Å². The molecule has 0 bridgehead atoms. The second-order valence-electron chi connectivity index (χ2n) is 4.15. The van der Waals surface area contributed by atoms with Crippen LogP contribution in [-0.4, -0.2) is 14.7 Å². The predicted molar refractivity (Wildman–Crippen MR) is 68.3 cm³/mol. The molecular weight excluding hydrogens is 232 g/mol. The van der Waals surface area contributed by atoms with Crippen molar-refractivity contribution in [3.63, 3.8) is 0 Å². The molecule has 1 aromatic heterocycles. The molecule has 0 fully saturated rings. The molecule has 0 amide bonds. The van der Waals surface area contributed by atoms with Crippen LogP contribution < -0.4 is 5.73 Å². The summed E-state index contributed by atoms with van der Waals surface area (Å²) in [6.45, 7) is 3.69. The lowest BCUT2D eigenvalue weighted by atomic mass is 10.1. The number of anilines is 1. The van der Waals surface area contributed by atoms with E-state index < -0.39 is 4.92 Å². The zero-order chi connectivity index (χ0) is 13.3. The van der Waals surface area contributed by atoms with Crippen LogP contribution >= 0.6 is 0 Å². The van der Waals surface area contributed by atoms with Crippen molar-refractivity contribution < 1.29 is 4.92 Å². The maximum atomic E-state index is 11.0. The molecule has 2 N–H and O–H groups in total. The first-order valence-corrected chi connectivity index (χ1v) is 5.55. The lowest BCUT2D eigenvalue weighted by molar-refractivity contribution is -0.385. The lowest BCUT2D eigenvalue weighted by Crippen LogP contribution is -2.13. The largest absolute Gasteiger partial charge is 0.384 e. The van der Waals surface area contributed by atoms with Crippen molar-refractivity contribution in [3.05, 3.63) is 51.7 Å². The topological polar surface area (TPSA) is 87.0 Å². The molecular formula is C12H14N4O2.